The molecule has 0 amide bonds. The summed E-state index contributed by atoms with van der Waals surface area (Å²) in [6, 6.07) is -0.711. The maximum absolute atomic E-state index is 14.2. The van der Waals surface area contributed by atoms with Gasteiger partial charge in [0, 0.05) is 12.0 Å². The molecule has 5 heterocycles. The number of ketones is 1. The zero-order chi connectivity index (χ0) is 36.9. The van der Waals surface area contributed by atoms with E-state index in [9.17, 15) is 24.6 Å². The number of carbonyl (C=O) groups excluding carboxylic acids is 3. The second kappa shape index (κ2) is 15.2. The predicted octanol–water partition coefficient (Wildman–Crippen LogP) is 2.06. The Kier molecular flexibility index (Phi) is 11.3. The van der Waals surface area contributed by atoms with E-state index in [0.717, 1.165) is 28.5 Å². The van der Waals surface area contributed by atoms with Gasteiger partial charge in [0.25, 0.3) is 0 Å². The summed E-state index contributed by atoms with van der Waals surface area (Å²) in [7, 11) is 1.25. The summed E-state index contributed by atoms with van der Waals surface area (Å²) < 4.78 is 10.4. The van der Waals surface area contributed by atoms with Crippen molar-refractivity contribution in [2.24, 2.45) is 17.8 Å². The van der Waals surface area contributed by atoms with Crippen LogP contribution in [0.3, 0.4) is 0 Å². The Bertz CT molecular complexity index is 2280. The second-order valence-corrected chi connectivity index (χ2v) is 13.6. The van der Waals surface area contributed by atoms with Gasteiger partial charge >= 0.3 is 35.0 Å². The number of carbonyl (C=O) groups is 3. The van der Waals surface area contributed by atoms with Gasteiger partial charge in [-0.05, 0) is 69.2 Å². The molecule has 0 saturated carbocycles. The fourth-order valence-corrected chi connectivity index (χ4v) is 7.65. The molecule has 1 fully saturated rings. The number of Topliss-reactive ketones (excluding diaryl/α,β-unsaturated/α-hetero) is 1. The number of ether oxygens (including phenoxy) is 2. The quantitative estimate of drug-likeness (QED) is 0.116. The zero-order valence-electron chi connectivity index (χ0n) is 30.6. The Morgan fingerprint density at radius 2 is 1.75 bits per heavy atom. The van der Waals surface area contributed by atoms with Crippen LogP contribution in [0, 0.1) is 31.6 Å². The Labute approximate surface area is 318 Å². The molecule has 2 aliphatic heterocycles. The Hall–Kier alpha value is -4.52. The Morgan fingerprint density at radius 1 is 1.04 bits per heavy atom. The number of methoxy groups -OCH3 is 1. The van der Waals surface area contributed by atoms with Gasteiger partial charge in [0.05, 0.1) is 13.4 Å². The molecular weight excluding hydrogens is 673 g/mol. The van der Waals surface area contributed by atoms with Crippen LogP contribution in [0.5, 0.6) is 0 Å². The third-order valence-electron chi connectivity index (χ3n) is 10.3. The van der Waals surface area contributed by atoms with Crippen LogP contribution < -0.4 is 36.2 Å². The molecule has 0 radical (unpaired) electrons. The van der Waals surface area contributed by atoms with Crippen molar-refractivity contribution >= 4 is 76.9 Å². The molecule has 3 aliphatic rings. The summed E-state index contributed by atoms with van der Waals surface area (Å²) in [5.74, 6) is -3.57. The van der Waals surface area contributed by atoms with Gasteiger partial charge in [-0.3, -0.25) is 14.4 Å². The summed E-state index contributed by atoms with van der Waals surface area (Å²) in [6.45, 7) is 15.3. The molecule has 2 N–H and O–H groups in total. The molecule has 1 unspecified atom stereocenters. The Balaban J connectivity index is 0.00000523. The summed E-state index contributed by atoms with van der Waals surface area (Å²) in [5, 5.41) is 27.7. The molecule has 0 spiro atoms. The number of allylic oxidation sites excluding steroid dienone is 2. The molecule has 5 atom stereocenters. The predicted molar refractivity (Wildman–Crippen MR) is 198 cm³/mol. The normalized spacial score (nSPS) is 23.2. The van der Waals surface area contributed by atoms with E-state index in [1.807, 2.05) is 32.9 Å². The van der Waals surface area contributed by atoms with Crippen LogP contribution in [0.15, 0.2) is 23.9 Å². The number of rotatable bonds is 8. The summed E-state index contributed by atoms with van der Waals surface area (Å²) in [6.07, 6.45) is 9.21. The van der Waals surface area contributed by atoms with Crippen molar-refractivity contribution < 1.29 is 34.1 Å². The van der Waals surface area contributed by atoms with Gasteiger partial charge in [0.15, 0.2) is 5.78 Å². The van der Waals surface area contributed by atoms with Crippen LogP contribution >= 0.6 is 0 Å². The van der Waals surface area contributed by atoms with Crippen molar-refractivity contribution in [1.82, 2.24) is 15.0 Å². The zero-order valence-corrected chi connectivity index (χ0v) is 32.0. The maximum Gasteiger partial charge on any atom is 2.00 e. The van der Waals surface area contributed by atoms with Crippen LogP contribution in [0.25, 0.3) is 41.5 Å². The van der Waals surface area contributed by atoms with Gasteiger partial charge in [-0.2, -0.15) is 5.70 Å². The van der Waals surface area contributed by atoms with Gasteiger partial charge in [-0.25, -0.2) is 0 Å². The minimum Gasteiger partial charge on any atom is -0.681 e. The van der Waals surface area contributed by atoms with Gasteiger partial charge in [-0.1, -0.05) is 78.6 Å². The molecule has 0 aromatic carbocycles. The number of fused-ring (bicyclic) bond motifs is 8. The van der Waals surface area contributed by atoms with E-state index in [1.54, 1.807) is 32.9 Å². The third kappa shape index (κ3) is 6.63. The van der Waals surface area contributed by atoms with Gasteiger partial charge in [0.1, 0.15) is 5.92 Å². The number of esters is 2. The van der Waals surface area contributed by atoms with Crippen LogP contribution in [-0.4, -0.2) is 70.4 Å². The summed E-state index contributed by atoms with van der Waals surface area (Å²) >= 11 is 0. The first kappa shape index (κ1) is 38.7. The molecule has 268 valence electrons. The number of hydrogen-bond acceptors (Lipinski definition) is 7. The standard InChI is InChI=1S/C40H42N4O7.Mg/c1-9-22-19(5)26-14-27-20(6)24(11-12-32(46)51-33(47)13-18(3)4)37(43-27)35-36(40(49)50-8)39(48)34-21(7)28(44-38(34)35)15-30-23(10-2)25(17-45)31(42-30)16-29(22)41-26;/h9,13-17,20,24,33,36-37,47H,1,10-12H2,2-8H3,(H,45,48);/q-4;+2/b27-14-,31-16-;/t20-,24-,33+,36+,37?;/m0./s1. The number of aromatic nitrogens is 3. The maximum atomic E-state index is 14.2. The average molecular weight is 715 g/mol. The van der Waals surface area contributed by atoms with E-state index < -0.39 is 36.0 Å². The molecule has 12 heteroatoms. The van der Waals surface area contributed by atoms with Crippen molar-refractivity contribution in [3.8, 4) is 0 Å². The van der Waals surface area contributed by atoms with E-state index >= 15 is 0 Å². The minimum atomic E-state index is -1.37. The van der Waals surface area contributed by atoms with Crippen molar-refractivity contribution in [1.29, 1.82) is 0 Å². The first-order valence-corrected chi connectivity index (χ1v) is 17.1. The van der Waals surface area contributed by atoms with Gasteiger partial charge in [0.2, 0.25) is 6.29 Å². The van der Waals surface area contributed by atoms with Crippen LogP contribution in [-0.2, 0) is 25.5 Å². The summed E-state index contributed by atoms with van der Waals surface area (Å²) in [5.41, 5.74) is 7.18. The summed E-state index contributed by atoms with van der Waals surface area (Å²) in [4.78, 5) is 55.4. The van der Waals surface area contributed by atoms with E-state index in [-0.39, 0.29) is 47.7 Å². The van der Waals surface area contributed by atoms with E-state index in [1.165, 1.54) is 13.2 Å². The second-order valence-electron chi connectivity index (χ2n) is 13.6. The van der Waals surface area contributed by atoms with E-state index in [0.29, 0.717) is 67.2 Å². The average Bonchev–Trinajstić information content (AvgIpc) is 3.83. The molecular formula is C40H42MgN4O7-2. The van der Waals surface area contributed by atoms with Crippen molar-refractivity contribution in [2.75, 3.05) is 7.11 Å². The molecule has 3 aromatic rings. The third-order valence-corrected chi connectivity index (χ3v) is 10.3. The number of aliphatic hydroxyl groups excluding tert-OH is 2. The molecule has 1 aliphatic carbocycles. The fourth-order valence-electron chi connectivity index (χ4n) is 7.65. The molecule has 6 rings (SSSR count). The van der Waals surface area contributed by atoms with Crippen molar-refractivity contribution in [3.05, 3.63) is 95.4 Å². The van der Waals surface area contributed by atoms with Crippen LogP contribution in [0.1, 0.15) is 90.2 Å². The van der Waals surface area contributed by atoms with Crippen molar-refractivity contribution in [3.63, 3.8) is 0 Å². The SMILES string of the molecule is C=Cc1c2[n-]c(c1C)/C=C1\[N-]C(C3=c4[n-]/c(c(C)c4C(=O)[C@@H]3C(=O)OC)=C\c3[n-]c(/c(=C\O)c3CC)=C\2)[C@@H](CCC(=O)O[C@@H](O)C=C(C)C)[C@@H]1C.[Mg+2]. The van der Waals surface area contributed by atoms with E-state index in [2.05, 4.69) is 6.58 Å². The van der Waals surface area contributed by atoms with Crippen LogP contribution in [0.2, 0.25) is 0 Å². The molecule has 52 heavy (non-hydrogen) atoms. The molecule has 11 nitrogen and oxygen atoms in total. The largest absolute Gasteiger partial charge is 2.00 e. The monoisotopic (exact) mass is 714 g/mol. The van der Waals surface area contributed by atoms with Crippen molar-refractivity contribution in [2.45, 2.75) is 73.1 Å². The number of hydrogen-bond donors (Lipinski definition) is 2. The van der Waals surface area contributed by atoms with Gasteiger partial charge in [-0.15, -0.1) is 33.1 Å². The first-order chi connectivity index (χ1) is 24.3. The Morgan fingerprint density at radius 3 is 2.38 bits per heavy atom. The minimum absolute atomic E-state index is 0. The fraction of sp³-hybridized carbons (Fsp3) is 0.375. The first-order valence-electron chi connectivity index (χ1n) is 17.1. The van der Waals surface area contributed by atoms with Crippen LogP contribution in [0.4, 0.5) is 0 Å². The van der Waals surface area contributed by atoms with E-state index in [4.69, 9.17) is 29.7 Å². The topological polar surface area (TPSA) is 167 Å². The number of nitrogens with zero attached hydrogens (tertiary/aromatic N) is 4. The number of aliphatic hydroxyl groups is 2. The molecule has 1 saturated heterocycles. The molecule has 3 aromatic heterocycles. The van der Waals surface area contributed by atoms with Gasteiger partial charge < -0.3 is 40.0 Å². The smallest absolute Gasteiger partial charge is 0.681 e. The molecule has 8 bridgehead atoms.